The molecule has 0 bridgehead atoms. The van der Waals surface area contributed by atoms with Gasteiger partial charge in [0, 0.05) is 18.7 Å². The van der Waals surface area contributed by atoms with E-state index in [1.807, 2.05) is 36.4 Å². The zero-order valence-electron chi connectivity index (χ0n) is 14.0. The van der Waals surface area contributed by atoms with Crippen LogP contribution in [0.3, 0.4) is 0 Å². The Morgan fingerprint density at radius 1 is 1.04 bits per heavy atom. The van der Waals surface area contributed by atoms with Crippen LogP contribution in [0.5, 0.6) is 0 Å². The summed E-state index contributed by atoms with van der Waals surface area (Å²) in [6.45, 7) is 3.15. The average Bonchev–Trinajstić information content (AvgIpc) is 2.86. The number of carbonyl (C=O) groups excluding carboxylic acids is 1. The molecular weight excluding hydrogens is 357 g/mol. The third kappa shape index (κ3) is 5.11. The zero-order valence-corrected chi connectivity index (χ0v) is 15.6. The van der Waals surface area contributed by atoms with Crippen molar-refractivity contribution in [3.8, 4) is 0 Å². The number of halogens is 2. The number of nitrogens with one attached hydrogen (secondary N) is 3. The fraction of sp³-hybridized carbons (Fsp3) is 0.316. The zero-order chi connectivity index (χ0) is 16.8. The smallest absolute Gasteiger partial charge is 0.251 e. The van der Waals surface area contributed by atoms with E-state index in [1.54, 1.807) is 0 Å². The molecule has 0 saturated carbocycles. The molecule has 25 heavy (non-hydrogen) atoms. The highest BCUT2D eigenvalue weighted by molar-refractivity contribution is 6.33. The molecular formula is C19H23Cl2N3O. The molecule has 0 saturated heterocycles. The van der Waals surface area contributed by atoms with Crippen molar-refractivity contribution in [1.29, 1.82) is 0 Å². The Balaban J connectivity index is 0.00000225. The lowest BCUT2D eigenvalue weighted by molar-refractivity contribution is 0.0955. The molecule has 0 spiro atoms. The van der Waals surface area contributed by atoms with Crippen molar-refractivity contribution in [2.24, 2.45) is 0 Å². The molecule has 0 aliphatic carbocycles. The number of hydrogen-bond donors (Lipinski definition) is 3. The van der Waals surface area contributed by atoms with Gasteiger partial charge in [-0.05, 0) is 55.3 Å². The van der Waals surface area contributed by atoms with Crippen LogP contribution in [0.25, 0.3) is 0 Å². The maximum Gasteiger partial charge on any atom is 0.251 e. The van der Waals surface area contributed by atoms with Crippen LogP contribution in [0.2, 0.25) is 5.02 Å². The van der Waals surface area contributed by atoms with Crippen LogP contribution in [0.4, 0.5) is 5.69 Å². The van der Waals surface area contributed by atoms with Gasteiger partial charge in [0.05, 0.1) is 10.7 Å². The van der Waals surface area contributed by atoms with Crippen molar-refractivity contribution in [2.75, 3.05) is 31.5 Å². The quantitative estimate of drug-likeness (QED) is 0.698. The van der Waals surface area contributed by atoms with Gasteiger partial charge in [-0.3, -0.25) is 4.79 Å². The summed E-state index contributed by atoms with van der Waals surface area (Å²) in [5.74, 6) is -0.0559. The lowest BCUT2D eigenvalue weighted by Gasteiger charge is -2.16. The van der Waals surface area contributed by atoms with Gasteiger partial charge in [-0.25, -0.2) is 0 Å². The highest BCUT2D eigenvalue weighted by Crippen LogP contribution is 2.30. The van der Waals surface area contributed by atoms with Gasteiger partial charge < -0.3 is 16.0 Å². The molecule has 1 amide bonds. The van der Waals surface area contributed by atoms with E-state index in [2.05, 4.69) is 22.0 Å². The van der Waals surface area contributed by atoms with Crippen LogP contribution >= 0.6 is 24.0 Å². The Bertz CT molecular complexity index is 707. The van der Waals surface area contributed by atoms with Crippen LogP contribution in [-0.4, -0.2) is 32.1 Å². The normalized spacial score (nSPS) is 13.2. The van der Waals surface area contributed by atoms with Gasteiger partial charge in [-0.1, -0.05) is 35.9 Å². The van der Waals surface area contributed by atoms with Crippen molar-refractivity contribution < 1.29 is 4.79 Å². The van der Waals surface area contributed by atoms with E-state index in [0.29, 0.717) is 18.7 Å². The Morgan fingerprint density at radius 2 is 1.80 bits per heavy atom. The largest absolute Gasteiger partial charge is 0.382 e. The van der Waals surface area contributed by atoms with Gasteiger partial charge in [-0.15, -0.1) is 12.4 Å². The van der Waals surface area contributed by atoms with Gasteiger partial charge in [0.25, 0.3) is 5.91 Å². The molecule has 1 aliphatic heterocycles. The van der Waals surface area contributed by atoms with E-state index in [9.17, 15) is 4.79 Å². The summed E-state index contributed by atoms with van der Waals surface area (Å²) in [6, 6.07) is 13.3. The van der Waals surface area contributed by atoms with E-state index in [1.165, 1.54) is 11.1 Å². The molecule has 0 aromatic heterocycles. The lowest BCUT2D eigenvalue weighted by atomic mass is 10.0. The Hall–Kier alpha value is -1.75. The molecule has 2 aromatic rings. The molecule has 2 aromatic carbocycles. The third-order valence-electron chi connectivity index (χ3n) is 4.23. The van der Waals surface area contributed by atoms with E-state index in [0.717, 1.165) is 36.6 Å². The maximum absolute atomic E-state index is 12.0. The molecule has 1 aliphatic rings. The maximum atomic E-state index is 12.0. The minimum Gasteiger partial charge on any atom is -0.382 e. The van der Waals surface area contributed by atoms with Gasteiger partial charge >= 0.3 is 0 Å². The first-order chi connectivity index (χ1) is 11.8. The van der Waals surface area contributed by atoms with Crippen molar-refractivity contribution in [2.45, 2.75) is 12.8 Å². The molecule has 0 atom stereocenters. The molecule has 0 radical (unpaired) electrons. The minimum atomic E-state index is -0.0559. The Morgan fingerprint density at radius 3 is 2.60 bits per heavy atom. The SMILES string of the molecule is Cl.O=C(NCCNc1c(Cl)ccc2c1CCNCC2)c1ccccc1. The van der Waals surface area contributed by atoms with Crippen molar-refractivity contribution in [3.63, 3.8) is 0 Å². The monoisotopic (exact) mass is 379 g/mol. The highest BCUT2D eigenvalue weighted by Gasteiger charge is 2.14. The highest BCUT2D eigenvalue weighted by atomic mass is 35.5. The molecule has 6 heteroatoms. The van der Waals surface area contributed by atoms with Crippen LogP contribution < -0.4 is 16.0 Å². The summed E-state index contributed by atoms with van der Waals surface area (Å²) in [5, 5.41) is 10.5. The number of fused-ring (bicyclic) bond motifs is 1. The number of anilines is 1. The minimum absolute atomic E-state index is 0. The van der Waals surface area contributed by atoms with E-state index < -0.39 is 0 Å². The summed E-state index contributed by atoms with van der Waals surface area (Å²) in [7, 11) is 0. The first kappa shape index (κ1) is 19.6. The molecule has 1 heterocycles. The fourth-order valence-electron chi connectivity index (χ4n) is 2.99. The fourth-order valence-corrected chi connectivity index (χ4v) is 3.23. The second-order valence-corrected chi connectivity index (χ2v) is 6.27. The Kier molecular flexibility index (Phi) is 7.56. The lowest BCUT2D eigenvalue weighted by Crippen LogP contribution is -2.29. The second-order valence-electron chi connectivity index (χ2n) is 5.86. The van der Waals surface area contributed by atoms with Crippen LogP contribution in [-0.2, 0) is 12.8 Å². The van der Waals surface area contributed by atoms with E-state index in [4.69, 9.17) is 11.6 Å². The number of carbonyl (C=O) groups is 1. The molecule has 3 N–H and O–H groups in total. The predicted octanol–water partition coefficient (Wildman–Crippen LogP) is 3.29. The molecule has 4 nitrogen and oxygen atoms in total. The molecule has 0 fully saturated rings. The summed E-state index contributed by atoms with van der Waals surface area (Å²) in [4.78, 5) is 12.0. The summed E-state index contributed by atoms with van der Waals surface area (Å²) in [6.07, 6.45) is 1.99. The third-order valence-corrected chi connectivity index (χ3v) is 4.55. The van der Waals surface area contributed by atoms with E-state index >= 15 is 0 Å². The van der Waals surface area contributed by atoms with Crippen LogP contribution in [0.1, 0.15) is 21.5 Å². The van der Waals surface area contributed by atoms with E-state index in [-0.39, 0.29) is 18.3 Å². The summed E-state index contributed by atoms with van der Waals surface area (Å²) in [5.41, 5.74) is 4.32. The van der Waals surface area contributed by atoms with Gasteiger partial charge in [-0.2, -0.15) is 0 Å². The molecule has 3 rings (SSSR count). The van der Waals surface area contributed by atoms with Crippen molar-refractivity contribution in [1.82, 2.24) is 10.6 Å². The first-order valence-electron chi connectivity index (χ1n) is 8.34. The second kappa shape index (κ2) is 9.66. The number of benzene rings is 2. The van der Waals surface area contributed by atoms with Gasteiger partial charge in [0.1, 0.15) is 0 Å². The standard InChI is InChI=1S/C19H22ClN3O.ClH/c20-17-7-6-14-8-10-21-11-9-16(14)18(17)22-12-13-23-19(24)15-4-2-1-3-5-15;/h1-7,21-22H,8-13H2,(H,23,24);1H. The van der Waals surface area contributed by atoms with Gasteiger partial charge in [0.2, 0.25) is 0 Å². The van der Waals surface area contributed by atoms with Crippen molar-refractivity contribution >= 4 is 35.6 Å². The Labute approximate surface area is 159 Å². The van der Waals surface area contributed by atoms with Crippen molar-refractivity contribution in [3.05, 3.63) is 64.2 Å². The molecule has 0 unspecified atom stereocenters. The predicted molar refractivity (Wildman–Crippen MR) is 106 cm³/mol. The average molecular weight is 380 g/mol. The van der Waals surface area contributed by atoms with Crippen LogP contribution in [0, 0.1) is 0 Å². The molecule has 134 valence electrons. The summed E-state index contributed by atoms with van der Waals surface area (Å²) >= 11 is 6.38. The topological polar surface area (TPSA) is 53.2 Å². The number of amides is 1. The summed E-state index contributed by atoms with van der Waals surface area (Å²) < 4.78 is 0. The first-order valence-corrected chi connectivity index (χ1v) is 8.71. The number of hydrogen-bond acceptors (Lipinski definition) is 3. The number of rotatable bonds is 5. The van der Waals surface area contributed by atoms with Crippen LogP contribution in [0.15, 0.2) is 42.5 Å². The van der Waals surface area contributed by atoms with Gasteiger partial charge in [0.15, 0.2) is 0 Å².